The van der Waals surface area contributed by atoms with E-state index >= 15 is 0 Å². The van der Waals surface area contributed by atoms with Crippen LogP contribution in [0.5, 0.6) is 0 Å². The van der Waals surface area contributed by atoms with Crippen LogP contribution >= 0.6 is 11.3 Å². The first-order valence-corrected chi connectivity index (χ1v) is 6.40. The molecule has 0 saturated heterocycles. The molecular formula is C12H14N4OS. The topological polar surface area (TPSA) is 58.1 Å². The number of carbonyl (C=O) groups is 1. The Balaban J connectivity index is 2.16. The highest BCUT2D eigenvalue weighted by Crippen LogP contribution is 2.21. The molecule has 0 aliphatic rings. The van der Waals surface area contributed by atoms with Crippen LogP contribution in [-0.2, 0) is 6.54 Å². The Morgan fingerprint density at radius 3 is 2.83 bits per heavy atom. The number of urea groups is 1. The van der Waals surface area contributed by atoms with Gasteiger partial charge in [0, 0.05) is 37.4 Å². The number of amides is 2. The molecule has 0 spiro atoms. The van der Waals surface area contributed by atoms with E-state index in [4.69, 9.17) is 0 Å². The first kappa shape index (κ1) is 12.5. The molecule has 0 aliphatic carbocycles. The number of rotatable bonds is 3. The smallest absolute Gasteiger partial charge is 0.317 e. The van der Waals surface area contributed by atoms with Crippen LogP contribution in [0.15, 0.2) is 29.2 Å². The minimum absolute atomic E-state index is 0.142. The van der Waals surface area contributed by atoms with E-state index in [1.54, 1.807) is 37.8 Å². The van der Waals surface area contributed by atoms with Crippen LogP contribution < -0.4 is 5.32 Å². The van der Waals surface area contributed by atoms with Gasteiger partial charge in [0.05, 0.1) is 17.9 Å². The maximum atomic E-state index is 11.5. The van der Waals surface area contributed by atoms with Crippen molar-refractivity contribution in [1.82, 2.24) is 20.2 Å². The third-order valence-corrected chi connectivity index (χ3v) is 3.07. The summed E-state index contributed by atoms with van der Waals surface area (Å²) < 4.78 is 0. The second-order valence-corrected chi connectivity index (χ2v) is 4.70. The number of hydrogen-bond acceptors (Lipinski definition) is 4. The van der Waals surface area contributed by atoms with Gasteiger partial charge in [-0.05, 0) is 11.4 Å². The second kappa shape index (κ2) is 5.59. The highest BCUT2D eigenvalue weighted by atomic mass is 32.1. The van der Waals surface area contributed by atoms with E-state index in [1.807, 2.05) is 16.8 Å². The summed E-state index contributed by atoms with van der Waals surface area (Å²) in [4.78, 5) is 21.6. The number of nitrogens with zero attached hydrogens (tertiary/aromatic N) is 3. The van der Waals surface area contributed by atoms with E-state index in [0.717, 1.165) is 17.0 Å². The minimum Gasteiger partial charge on any atom is -0.332 e. The fourth-order valence-corrected chi connectivity index (χ4v) is 2.09. The van der Waals surface area contributed by atoms with Gasteiger partial charge in [0.2, 0.25) is 0 Å². The van der Waals surface area contributed by atoms with Crippen molar-refractivity contribution in [2.45, 2.75) is 6.54 Å². The number of nitrogens with one attached hydrogen (secondary N) is 1. The van der Waals surface area contributed by atoms with Crippen LogP contribution in [0, 0.1) is 0 Å². The van der Waals surface area contributed by atoms with Crippen molar-refractivity contribution in [2.24, 2.45) is 0 Å². The van der Waals surface area contributed by atoms with Crippen molar-refractivity contribution >= 4 is 17.4 Å². The molecule has 1 N–H and O–H groups in total. The fraction of sp³-hybridized carbons (Fsp3) is 0.250. The summed E-state index contributed by atoms with van der Waals surface area (Å²) in [5.41, 5.74) is 2.62. The van der Waals surface area contributed by atoms with E-state index in [2.05, 4.69) is 15.3 Å². The Labute approximate surface area is 109 Å². The summed E-state index contributed by atoms with van der Waals surface area (Å²) in [6.45, 7) is 0.371. The largest absolute Gasteiger partial charge is 0.332 e. The molecule has 18 heavy (non-hydrogen) atoms. The minimum atomic E-state index is -0.142. The van der Waals surface area contributed by atoms with Gasteiger partial charge in [0.25, 0.3) is 0 Å². The SMILES string of the molecule is CN(C)C(=O)NCc1nccnc1-c1ccsc1. The third-order valence-electron chi connectivity index (χ3n) is 2.38. The molecule has 0 unspecified atom stereocenters. The lowest BCUT2D eigenvalue weighted by Gasteiger charge is -2.12. The molecule has 0 bridgehead atoms. The molecule has 2 rings (SSSR count). The Morgan fingerprint density at radius 1 is 1.39 bits per heavy atom. The van der Waals surface area contributed by atoms with Gasteiger partial charge in [-0.25, -0.2) is 4.79 Å². The molecule has 0 fully saturated rings. The summed E-state index contributed by atoms with van der Waals surface area (Å²) in [5.74, 6) is 0. The van der Waals surface area contributed by atoms with Gasteiger partial charge in [-0.3, -0.25) is 9.97 Å². The zero-order valence-electron chi connectivity index (χ0n) is 10.3. The summed E-state index contributed by atoms with van der Waals surface area (Å²) >= 11 is 1.61. The van der Waals surface area contributed by atoms with Gasteiger partial charge in [0.1, 0.15) is 0 Å². The molecule has 2 aromatic rings. The van der Waals surface area contributed by atoms with Crippen LogP contribution in [0.2, 0.25) is 0 Å². The van der Waals surface area contributed by atoms with Gasteiger partial charge < -0.3 is 10.2 Å². The molecular weight excluding hydrogens is 248 g/mol. The highest BCUT2D eigenvalue weighted by molar-refractivity contribution is 7.08. The zero-order valence-corrected chi connectivity index (χ0v) is 11.1. The molecule has 0 aliphatic heterocycles. The first-order chi connectivity index (χ1) is 8.68. The van der Waals surface area contributed by atoms with Crippen LogP contribution in [-0.4, -0.2) is 35.0 Å². The van der Waals surface area contributed by atoms with Gasteiger partial charge in [-0.15, -0.1) is 0 Å². The maximum absolute atomic E-state index is 11.5. The molecule has 0 radical (unpaired) electrons. The summed E-state index contributed by atoms with van der Waals surface area (Å²) in [6.07, 6.45) is 3.29. The van der Waals surface area contributed by atoms with Crippen LogP contribution in [0.1, 0.15) is 5.69 Å². The Morgan fingerprint density at radius 2 is 2.17 bits per heavy atom. The number of thiophene rings is 1. The van der Waals surface area contributed by atoms with Crippen molar-refractivity contribution in [3.8, 4) is 11.3 Å². The van der Waals surface area contributed by atoms with Gasteiger partial charge in [0.15, 0.2) is 0 Å². The van der Waals surface area contributed by atoms with Gasteiger partial charge in [-0.2, -0.15) is 11.3 Å². The van der Waals surface area contributed by atoms with E-state index in [0.29, 0.717) is 6.54 Å². The standard InChI is InChI=1S/C12H14N4OS/c1-16(2)12(17)15-7-10-11(14-5-4-13-10)9-3-6-18-8-9/h3-6,8H,7H2,1-2H3,(H,15,17). The Hall–Kier alpha value is -1.95. The molecule has 94 valence electrons. The Kier molecular flexibility index (Phi) is 3.88. The molecule has 0 saturated carbocycles. The quantitative estimate of drug-likeness (QED) is 0.920. The number of aromatic nitrogens is 2. The van der Waals surface area contributed by atoms with Crippen molar-refractivity contribution in [1.29, 1.82) is 0 Å². The third kappa shape index (κ3) is 2.84. The Bertz CT molecular complexity index is 525. The fourth-order valence-electron chi connectivity index (χ4n) is 1.45. The van der Waals surface area contributed by atoms with Crippen molar-refractivity contribution < 1.29 is 4.79 Å². The molecule has 0 atom stereocenters. The van der Waals surface area contributed by atoms with E-state index in [-0.39, 0.29) is 6.03 Å². The average molecular weight is 262 g/mol. The maximum Gasteiger partial charge on any atom is 0.317 e. The summed E-state index contributed by atoms with van der Waals surface area (Å²) in [7, 11) is 3.40. The molecule has 6 heteroatoms. The number of hydrogen-bond donors (Lipinski definition) is 1. The van der Waals surface area contributed by atoms with Crippen molar-refractivity contribution in [3.63, 3.8) is 0 Å². The van der Waals surface area contributed by atoms with E-state index in [1.165, 1.54) is 4.90 Å². The predicted octanol–water partition coefficient (Wildman–Crippen LogP) is 1.98. The normalized spacial score (nSPS) is 10.1. The zero-order chi connectivity index (χ0) is 13.0. The van der Waals surface area contributed by atoms with Crippen LogP contribution in [0.3, 0.4) is 0 Å². The van der Waals surface area contributed by atoms with E-state index < -0.39 is 0 Å². The van der Waals surface area contributed by atoms with Gasteiger partial charge >= 0.3 is 6.03 Å². The van der Waals surface area contributed by atoms with E-state index in [9.17, 15) is 4.79 Å². The first-order valence-electron chi connectivity index (χ1n) is 5.46. The monoisotopic (exact) mass is 262 g/mol. The lowest BCUT2D eigenvalue weighted by atomic mass is 10.2. The molecule has 2 aromatic heterocycles. The molecule has 2 heterocycles. The number of carbonyl (C=O) groups excluding carboxylic acids is 1. The molecule has 5 nitrogen and oxygen atoms in total. The highest BCUT2D eigenvalue weighted by Gasteiger charge is 2.10. The summed E-state index contributed by atoms with van der Waals surface area (Å²) in [6, 6.07) is 1.85. The molecule has 2 amide bonds. The average Bonchev–Trinajstić information content (AvgIpc) is 2.89. The van der Waals surface area contributed by atoms with Crippen molar-refractivity contribution in [3.05, 3.63) is 34.9 Å². The molecule has 0 aromatic carbocycles. The van der Waals surface area contributed by atoms with Gasteiger partial charge in [-0.1, -0.05) is 0 Å². The predicted molar refractivity (Wildman–Crippen MR) is 71.3 cm³/mol. The lowest BCUT2D eigenvalue weighted by Crippen LogP contribution is -2.34. The lowest BCUT2D eigenvalue weighted by molar-refractivity contribution is 0.217. The summed E-state index contributed by atoms with van der Waals surface area (Å²) in [5, 5.41) is 6.80. The van der Waals surface area contributed by atoms with Crippen molar-refractivity contribution in [2.75, 3.05) is 14.1 Å². The van der Waals surface area contributed by atoms with Crippen LogP contribution in [0.4, 0.5) is 4.79 Å². The second-order valence-electron chi connectivity index (χ2n) is 3.92. The van der Waals surface area contributed by atoms with Crippen LogP contribution in [0.25, 0.3) is 11.3 Å².